The molecule has 3 rings (SSSR count). The van der Waals surface area contributed by atoms with Crippen LogP contribution in [0.25, 0.3) is 0 Å². The van der Waals surface area contributed by atoms with E-state index >= 15 is 0 Å². The van der Waals surface area contributed by atoms with E-state index in [0.717, 1.165) is 5.56 Å². The van der Waals surface area contributed by atoms with E-state index in [9.17, 15) is 28.8 Å². The van der Waals surface area contributed by atoms with Gasteiger partial charge >= 0.3 is 6.09 Å². The van der Waals surface area contributed by atoms with Crippen molar-refractivity contribution < 1.29 is 33.5 Å². The summed E-state index contributed by atoms with van der Waals surface area (Å²) < 4.78 is 5.40. The molecule has 0 spiro atoms. The van der Waals surface area contributed by atoms with E-state index in [2.05, 4.69) is 32.8 Å². The van der Waals surface area contributed by atoms with Crippen LogP contribution in [0, 0.1) is 22.7 Å². The summed E-state index contributed by atoms with van der Waals surface area (Å²) in [6.45, 7) is 18.3. The number of nitrogens with zero attached hydrogens (tertiary/aromatic N) is 2. The first kappa shape index (κ1) is 36.2. The second-order valence-electron chi connectivity index (χ2n) is 14.6. The van der Waals surface area contributed by atoms with Crippen LogP contribution in [0.4, 0.5) is 4.79 Å². The van der Waals surface area contributed by atoms with E-state index in [0.29, 0.717) is 6.54 Å². The number of hydrogen-bond acceptors (Lipinski definition) is 8. The predicted molar refractivity (Wildman–Crippen MR) is 170 cm³/mol. The highest BCUT2D eigenvalue weighted by Gasteiger charge is 2.70. The highest BCUT2D eigenvalue weighted by Crippen LogP contribution is 2.65. The predicted octanol–water partition coefficient (Wildman–Crippen LogP) is 1.87. The Morgan fingerprint density at radius 3 is 2.33 bits per heavy atom. The van der Waals surface area contributed by atoms with Crippen molar-refractivity contribution in [3.63, 3.8) is 0 Å². The van der Waals surface area contributed by atoms with Gasteiger partial charge in [0, 0.05) is 25.5 Å². The van der Waals surface area contributed by atoms with Gasteiger partial charge in [-0.3, -0.25) is 29.0 Å². The van der Waals surface area contributed by atoms with E-state index in [1.807, 2.05) is 13.8 Å². The van der Waals surface area contributed by atoms with Crippen LogP contribution in [-0.2, 0) is 35.3 Å². The number of likely N-dealkylation sites (tertiary alicyclic amines) is 1. The number of ether oxygens (including phenoxy) is 1. The molecule has 1 unspecified atom stereocenters. The minimum Gasteiger partial charge on any atom is -0.444 e. The second kappa shape index (κ2) is 14.0. The van der Waals surface area contributed by atoms with Crippen molar-refractivity contribution in [1.82, 2.24) is 31.2 Å². The number of rotatable bonds is 12. The number of fused-ring (bicyclic) bond motifs is 1. The molecule has 4 N–H and O–H groups in total. The molecule has 1 aromatic rings. The van der Waals surface area contributed by atoms with Crippen LogP contribution in [-0.4, -0.2) is 82.2 Å². The van der Waals surface area contributed by atoms with E-state index in [1.165, 1.54) is 11.0 Å². The van der Waals surface area contributed by atoms with Crippen molar-refractivity contribution in [2.75, 3.05) is 13.1 Å². The van der Waals surface area contributed by atoms with Gasteiger partial charge in [0.25, 0.3) is 5.91 Å². The Hall–Kier alpha value is -4.29. The quantitative estimate of drug-likeness (QED) is 0.198. The highest BCUT2D eigenvalue weighted by atomic mass is 16.6. The van der Waals surface area contributed by atoms with Crippen LogP contribution < -0.4 is 21.3 Å². The van der Waals surface area contributed by atoms with Crippen LogP contribution in [0.3, 0.4) is 0 Å². The van der Waals surface area contributed by atoms with Crippen LogP contribution >= 0.6 is 0 Å². The maximum Gasteiger partial charge on any atom is 0.408 e. The summed E-state index contributed by atoms with van der Waals surface area (Å²) in [5.74, 6) is -3.67. The molecule has 5 atom stereocenters. The van der Waals surface area contributed by atoms with Crippen molar-refractivity contribution in [3.05, 3.63) is 42.7 Å². The van der Waals surface area contributed by atoms with E-state index < -0.39 is 71.2 Å². The van der Waals surface area contributed by atoms with Gasteiger partial charge in [0.2, 0.25) is 23.5 Å². The molecule has 0 aromatic carbocycles. The number of hydrogen-bond donors (Lipinski definition) is 4. The van der Waals surface area contributed by atoms with Crippen molar-refractivity contribution >= 4 is 35.5 Å². The van der Waals surface area contributed by atoms with E-state index in [4.69, 9.17) is 4.74 Å². The van der Waals surface area contributed by atoms with E-state index in [1.54, 1.807) is 66.1 Å². The zero-order valence-corrected chi connectivity index (χ0v) is 28.1. The molecule has 1 aliphatic heterocycles. The Bertz CT molecular complexity index is 1350. The molecule has 1 aliphatic carbocycles. The second-order valence-corrected chi connectivity index (χ2v) is 14.6. The molecule has 5 amide bonds. The average Bonchev–Trinajstić information content (AvgIpc) is 3.27. The lowest BCUT2D eigenvalue weighted by Crippen LogP contribution is -2.60. The molecule has 1 saturated heterocycles. The van der Waals surface area contributed by atoms with Crippen LogP contribution in [0.5, 0.6) is 0 Å². The van der Waals surface area contributed by atoms with Crippen molar-refractivity contribution in [3.8, 4) is 0 Å². The fourth-order valence-electron chi connectivity index (χ4n) is 5.88. The van der Waals surface area contributed by atoms with Crippen LogP contribution in [0.15, 0.2) is 37.2 Å². The highest BCUT2D eigenvalue weighted by molar-refractivity contribution is 6.38. The summed E-state index contributed by atoms with van der Waals surface area (Å²) in [6.07, 6.45) is 3.80. The minimum absolute atomic E-state index is 0.0383. The Morgan fingerprint density at radius 1 is 1.09 bits per heavy atom. The summed E-state index contributed by atoms with van der Waals surface area (Å²) >= 11 is 0. The molecule has 252 valence electrons. The average molecular weight is 641 g/mol. The first-order chi connectivity index (χ1) is 21.3. The number of alkyl carbamates (subject to hydrolysis) is 1. The third-order valence-corrected chi connectivity index (χ3v) is 8.42. The van der Waals surface area contributed by atoms with Gasteiger partial charge in [0.15, 0.2) is 0 Å². The number of pyridine rings is 1. The topological polar surface area (TPSA) is 176 Å². The molecule has 2 heterocycles. The molecule has 13 nitrogen and oxygen atoms in total. The molecule has 46 heavy (non-hydrogen) atoms. The standard InChI is InChI=1S/C33H48N6O7/c1-10-12-21(25(41)28(43)36-17-22(40)35-16-19-13-11-14-34-15-19)37-27(42)24-23-20(33(23,8)9)18-39(24)29(44)26(31(2,3)4)38-30(45)46-32(5,6)7/h10-11,13-15,20-21,23-24,26H,1,12,16-18H2,2-9H3,(H,35,40)(H,36,43)(H,37,42)(H,38,45)/t20-,21?,23-,24-,26+/m0/s1. The summed E-state index contributed by atoms with van der Waals surface area (Å²) in [5.41, 5.74) is -0.962. The van der Waals surface area contributed by atoms with Crippen LogP contribution in [0.1, 0.15) is 67.4 Å². The smallest absolute Gasteiger partial charge is 0.408 e. The Morgan fingerprint density at radius 2 is 1.76 bits per heavy atom. The lowest BCUT2D eigenvalue weighted by atomic mass is 9.85. The van der Waals surface area contributed by atoms with Gasteiger partial charge in [0.1, 0.15) is 23.7 Å². The zero-order chi connectivity index (χ0) is 34.6. The SMILES string of the molecule is C=CCC(NC(=O)[C@@H]1[C@@H]2[C@H](CN1C(=O)[C@@H](NC(=O)OC(C)(C)C)C(C)(C)C)C2(C)C)C(=O)C(=O)NCC(=O)NCc1cccnc1. The minimum atomic E-state index is -1.26. The number of amides is 5. The van der Waals surface area contributed by atoms with Crippen molar-refractivity contribution in [1.29, 1.82) is 0 Å². The summed E-state index contributed by atoms with van der Waals surface area (Å²) in [4.78, 5) is 84.1. The molecule has 2 fully saturated rings. The van der Waals surface area contributed by atoms with Crippen molar-refractivity contribution in [2.24, 2.45) is 22.7 Å². The Labute approximate surface area is 270 Å². The van der Waals surface area contributed by atoms with Gasteiger partial charge in [-0.2, -0.15) is 0 Å². The molecule has 1 aromatic heterocycles. The Kier molecular flexibility index (Phi) is 11.0. The molecule has 0 bridgehead atoms. The number of ketones is 1. The number of carbonyl (C=O) groups is 6. The molecule has 0 radical (unpaired) electrons. The number of piperidine rings is 1. The van der Waals surface area contributed by atoms with Gasteiger partial charge in [-0.05, 0) is 61.5 Å². The summed E-state index contributed by atoms with van der Waals surface area (Å²) in [5, 5.41) is 10.3. The lowest BCUT2D eigenvalue weighted by molar-refractivity contribution is -0.145. The van der Waals surface area contributed by atoms with Gasteiger partial charge in [-0.1, -0.05) is 46.8 Å². The fourth-order valence-corrected chi connectivity index (χ4v) is 5.88. The van der Waals surface area contributed by atoms with Gasteiger partial charge in [-0.25, -0.2) is 4.79 Å². The maximum absolute atomic E-state index is 14.0. The fraction of sp³-hybridized carbons (Fsp3) is 0.606. The monoisotopic (exact) mass is 640 g/mol. The summed E-state index contributed by atoms with van der Waals surface area (Å²) in [6, 6.07) is 0.311. The molecule has 1 saturated carbocycles. The maximum atomic E-state index is 14.0. The number of Topliss-reactive ketones (excluding diaryl/α,β-unsaturated/α-hetero) is 1. The van der Waals surface area contributed by atoms with Crippen molar-refractivity contribution in [2.45, 2.75) is 92.1 Å². The normalized spacial score (nSPS) is 21.1. The van der Waals surface area contributed by atoms with Gasteiger partial charge < -0.3 is 30.9 Å². The van der Waals surface area contributed by atoms with E-state index in [-0.39, 0.29) is 30.2 Å². The largest absolute Gasteiger partial charge is 0.444 e. The molecular formula is C33H48N6O7. The first-order valence-electron chi connectivity index (χ1n) is 15.5. The molecule has 2 aliphatic rings. The summed E-state index contributed by atoms with van der Waals surface area (Å²) in [7, 11) is 0. The zero-order valence-electron chi connectivity index (χ0n) is 28.1. The first-order valence-corrected chi connectivity index (χ1v) is 15.5. The van der Waals surface area contributed by atoms with Crippen LogP contribution in [0.2, 0.25) is 0 Å². The molecule has 13 heteroatoms. The number of nitrogens with one attached hydrogen (secondary N) is 4. The number of carbonyl (C=O) groups excluding carboxylic acids is 6. The Balaban J connectivity index is 1.70. The third kappa shape index (κ3) is 8.91. The molecular weight excluding hydrogens is 592 g/mol. The number of aromatic nitrogens is 1. The van der Waals surface area contributed by atoms with Gasteiger partial charge in [-0.15, -0.1) is 6.58 Å². The third-order valence-electron chi connectivity index (χ3n) is 8.42. The van der Waals surface area contributed by atoms with Gasteiger partial charge in [0.05, 0.1) is 6.54 Å². The lowest BCUT2D eigenvalue weighted by Gasteiger charge is -2.38.